The summed E-state index contributed by atoms with van der Waals surface area (Å²) >= 11 is 0. The van der Waals surface area contributed by atoms with Gasteiger partial charge in [0, 0.05) is 37.7 Å². The molecule has 2 aromatic rings. The molecule has 0 radical (unpaired) electrons. The van der Waals surface area contributed by atoms with E-state index in [-0.39, 0.29) is 70.3 Å². The van der Waals surface area contributed by atoms with Crippen LogP contribution in [0.5, 0.6) is 0 Å². The molecule has 4 rings (SSSR count). The van der Waals surface area contributed by atoms with Crippen LogP contribution in [0.25, 0.3) is 0 Å². The molecule has 2 aliphatic rings. The quantitative estimate of drug-likeness (QED) is 0.110. The van der Waals surface area contributed by atoms with Gasteiger partial charge in [-0.1, -0.05) is 5.16 Å². The Morgan fingerprint density at radius 1 is 1.21 bits per heavy atom. The molecule has 0 unspecified atom stereocenters. The molecule has 3 heterocycles. The van der Waals surface area contributed by atoms with Crippen LogP contribution in [-0.2, 0) is 28.2 Å². The zero-order chi connectivity index (χ0) is 30.4. The summed E-state index contributed by atoms with van der Waals surface area (Å²) in [6.45, 7) is -1.11. The number of hydrogen-bond donors (Lipinski definition) is 2. The van der Waals surface area contributed by atoms with E-state index in [0.717, 1.165) is 22.1 Å². The van der Waals surface area contributed by atoms with E-state index in [1.54, 1.807) is 0 Å². The van der Waals surface area contributed by atoms with Crippen molar-refractivity contribution in [3.8, 4) is 0 Å². The Bertz CT molecular complexity index is 1390. The number of ether oxygens (including phenoxy) is 2. The summed E-state index contributed by atoms with van der Waals surface area (Å²) < 4.78 is 75.3. The summed E-state index contributed by atoms with van der Waals surface area (Å²) in [7, 11) is -4.60. The van der Waals surface area contributed by atoms with Gasteiger partial charge >= 0.3 is 19.9 Å². The zero-order valence-corrected chi connectivity index (χ0v) is 22.8. The van der Waals surface area contributed by atoms with Crippen molar-refractivity contribution in [1.82, 2.24) is 5.16 Å². The predicted molar refractivity (Wildman–Crippen MR) is 137 cm³/mol. The highest BCUT2D eigenvalue weighted by atomic mass is 31.2. The van der Waals surface area contributed by atoms with E-state index in [2.05, 4.69) is 9.68 Å². The highest BCUT2D eigenvalue weighted by Gasteiger charge is 2.37. The van der Waals surface area contributed by atoms with Crippen LogP contribution in [0, 0.1) is 17.5 Å². The first-order valence-electron chi connectivity index (χ1n) is 12.6. The fourth-order valence-corrected chi connectivity index (χ4v) is 4.57. The first kappa shape index (κ1) is 31.0. The molecule has 1 aromatic carbocycles. The number of benzene rings is 1. The maximum Gasteiger partial charge on any atom is 0.469 e. The number of carbonyl (C=O) groups is 3. The number of halogens is 3. The van der Waals surface area contributed by atoms with Crippen LogP contribution in [-0.4, -0.2) is 71.9 Å². The standard InChI is InChI=1S/C24H26F3N4O10P/c25-17-11-18(21(26)22(27)23(17)29-7-4-15(32)5-8-29)31-13-16(41-24(31)34)12-30(19-6-10-39-28-19)14-38-20(33)3-1-2-9-40-42(35,36)37/h4,6-7,10-11,16H,1-3,5,8-9,12-14H2,(H2,35,36,37)/t16-/m0/s1. The van der Waals surface area contributed by atoms with Gasteiger partial charge < -0.3 is 33.6 Å². The van der Waals surface area contributed by atoms with Crippen molar-refractivity contribution in [2.75, 3.05) is 47.7 Å². The second-order valence-electron chi connectivity index (χ2n) is 9.20. The Kier molecular flexibility index (Phi) is 9.88. The topological polar surface area (TPSA) is 172 Å². The third-order valence-corrected chi connectivity index (χ3v) is 6.71. The van der Waals surface area contributed by atoms with Crippen molar-refractivity contribution in [3.63, 3.8) is 0 Å². The normalized spacial score (nSPS) is 17.1. The molecule has 228 valence electrons. The molecule has 0 spiro atoms. The minimum atomic E-state index is -4.60. The van der Waals surface area contributed by atoms with Crippen LogP contribution in [0.3, 0.4) is 0 Å². The second-order valence-corrected chi connectivity index (χ2v) is 10.4. The smallest absolute Gasteiger partial charge is 0.444 e. The third-order valence-electron chi connectivity index (χ3n) is 6.20. The average molecular weight is 618 g/mol. The molecule has 0 bridgehead atoms. The van der Waals surface area contributed by atoms with Crippen molar-refractivity contribution in [3.05, 3.63) is 48.1 Å². The Morgan fingerprint density at radius 2 is 2.00 bits per heavy atom. The van der Waals surface area contributed by atoms with E-state index >= 15 is 4.39 Å². The van der Waals surface area contributed by atoms with Gasteiger partial charge in [0.05, 0.1) is 25.4 Å². The summed E-state index contributed by atoms with van der Waals surface area (Å²) in [6.07, 6.45) is 1.80. The third kappa shape index (κ3) is 7.88. The van der Waals surface area contributed by atoms with Crippen molar-refractivity contribution < 1.29 is 60.4 Å². The van der Waals surface area contributed by atoms with E-state index in [1.165, 1.54) is 17.2 Å². The van der Waals surface area contributed by atoms with E-state index in [9.17, 15) is 27.7 Å². The maximum atomic E-state index is 15.1. The minimum absolute atomic E-state index is 0.00936. The van der Waals surface area contributed by atoms with Crippen LogP contribution in [0.1, 0.15) is 25.7 Å². The van der Waals surface area contributed by atoms with E-state index in [0.29, 0.717) is 6.07 Å². The molecule has 2 N–H and O–H groups in total. The summed E-state index contributed by atoms with van der Waals surface area (Å²) in [6, 6.07) is 2.11. The number of nitrogens with zero attached hydrogens (tertiary/aromatic N) is 4. The predicted octanol–water partition coefficient (Wildman–Crippen LogP) is 3.00. The van der Waals surface area contributed by atoms with Crippen molar-refractivity contribution in [2.24, 2.45) is 0 Å². The number of cyclic esters (lactones) is 1. The minimum Gasteiger partial charge on any atom is -0.444 e. The SMILES string of the molecule is O=C1C=CN(c2c(F)cc(N3C[C@H](CN(COC(=O)CCCCOP(=O)(O)O)c4ccon4)OC3=O)c(F)c2F)CC1. The molecule has 18 heteroatoms. The van der Waals surface area contributed by atoms with Gasteiger partial charge in [0.15, 0.2) is 35.8 Å². The first-order valence-corrected chi connectivity index (χ1v) is 14.1. The number of esters is 1. The van der Waals surface area contributed by atoms with E-state index < -0.39 is 54.8 Å². The lowest BCUT2D eigenvalue weighted by Gasteiger charge is -2.25. The summed E-state index contributed by atoms with van der Waals surface area (Å²) in [5.41, 5.74) is -1.38. The van der Waals surface area contributed by atoms with Gasteiger partial charge in [-0.05, 0) is 18.9 Å². The highest BCUT2D eigenvalue weighted by Crippen LogP contribution is 2.36. The number of carbonyl (C=O) groups excluding carboxylic acids is 3. The summed E-state index contributed by atoms with van der Waals surface area (Å²) in [4.78, 5) is 56.6. The lowest BCUT2D eigenvalue weighted by atomic mass is 10.1. The zero-order valence-electron chi connectivity index (χ0n) is 21.9. The number of rotatable bonds is 13. The monoisotopic (exact) mass is 618 g/mol. The molecular formula is C24H26F3N4O10P. The molecule has 2 aliphatic heterocycles. The number of aromatic nitrogens is 1. The van der Waals surface area contributed by atoms with E-state index in [4.69, 9.17) is 23.8 Å². The van der Waals surface area contributed by atoms with Crippen molar-refractivity contribution in [2.45, 2.75) is 31.8 Å². The van der Waals surface area contributed by atoms with Gasteiger partial charge in [-0.3, -0.25) is 19.0 Å². The largest absolute Gasteiger partial charge is 0.469 e. The Hall–Kier alpha value is -3.92. The molecule has 1 fully saturated rings. The molecule has 0 aliphatic carbocycles. The number of unbranched alkanes of at least 4 members (excludes halogenated alkanes) is 1. The molecular weight excluding hydrogens is 592 g/mol. The van der Waals surface area contributed by atoms with Gasteiger partial charge in [0.25, 0.3) is 0 Å². The fraction of sp³-hybridized carbons (Fsp3) is 0.417. The fourth-order valence-electron chi connectivity index (χ4n) is 4.20. The average Bonchev–Trinajstić information content (AvgIpc) is 3.59. The number of phosphoric acid groups is 1. The molecule has 0 saturated carbocycles. The van der Waals surface area contributed by atoms with Crippen LogP contribution in [0.2, 0.25) is 0 Å². The first-order chi connectivity index (χ1) is 19.9. The van der Waals surface area contributed by atoms with Crippen LogP contribution in [0.15, 0.2) is 35.2 Å². The number of ketones is 1. The van der Waals surface area contributed by atoms with Crippen molar-refractivity contribution >= 4 is 42.9 Å². The molecule has 14 nitrogen and oxygen atoms in total. The molecule has 42 heavy (non-hydrogen) atoms. The van der Waals surface area contributed by atoms with Crippen molar-refractivity contribution in [1.29, 1.82) is 0 Å². The maximum absolute atomic E-state index is 15.1. The second kappa shape index (κ2) is 13.4. The Labute approximate surface area is 236 Å². The van der Waals surface area contributed by atoms with Crippen LogP contribution in [0.4, 0.5) is 35.2 Å². The van der Waals surface area contributed by atoms with Gasteiger partial charge in [-0.15, -0.1) is 0 Å². The number of phosphoric ester groups is 1. The van der Waals surface area contributed by atoms with Gasteiger partial charge in [-0.25, -0.2) is 22.5 Å². The number of allylic oxidation sites excluding steroid dienone is 1. The number of amides is 1. The Morgan fingerprint density at radius 3 is 2.67 bits per heavy atom. The molecule has 1 aromatic heterocycles. The lowest BCUT2D eigenvalue weighted by Crippen LogP contribution is -2.37. The Balaban J connectivity index is 1.38. The molecule has 1 atom stereocenters. The number of anilines is 3. The molecule has 1 saturated heterocycles. The summed E-state index contributed by atoms with van der Waals surface area (Å²) in [5.74, 6) is -4.86. The lowest BCUT2D eigenvalue weighted by molar-refractivity contribution is -0.143. The van der Waals surface area contributed by atoms with Gasteiger partial charge in [0.2, 0.25) is 0 Å². The molecule has 1 amide bonds. The van der Waals surface area contributed by atoms with Gasteiger partial charge in [-0.2, -0.15) is 0 Å². The summed E-state index contributed by atoms with van der Waals surface area (Å²) in [5, 5.41) is 3.76. The van der Waals surface area contributed by atoms with Gasteiger partial charge in [0.1, 0.15) is 18.1 Å². The van der Waals surface area contributed by atoms with Crippen LogP contribution < -0.4 is 14.7 Å². The van der Waals surface area contributed by atoms with Crippen LogP contribution >= 0.6 is 7.82 Å². The number of hydrogen-bond acceptors (Lipinski definition) is 11. The highest BCUT2D eigenvalue weighted by molar-refractivity contribution is 7.46. The van der Waals surface area contributed by atoms with E-state index in [1.807, 2.05) is 0 Å².